The number of benzene rings is 1. The summed E-state index contributed by atoms with van der Waals surface area (Å²) < 4.78 is 6.25. The normalized spacial score (nSPS) is 12.3. The molecule has 8 heteroatoms. The van der Waals surface area contributed by atoms with Gasteiger partial charge < -0.3 is 10.5 Å². The number of methoxy groups -OCH3 is 1. The summed E-state index contributed by atoms with van der Waals surface area (Å²) in [5, 5.41) is 1.79. The summed E-state index contributed by atoms with van der Waals surface area (Å²) in [6.07, 6.45) is 2.06. The monoisotopic (exact) mass is 473 g/mol. The summed E-state index contributed by atoms with van der Waals surface area (Å²) in [6.45, 7) is 9.43. The van der Waals surface area contributed by atoms with E-state index in [1.165, 1.54) is 5.69 Å². The first-order valence-electron chi connectivity index (χ1n) is 10.0. The molecule has 0 bridgehead atoms. The maximum absolute atomic E-state index is 6.29. The van der Waals surface area contributed by atoms with E-state index in [2.05, 4.69) is 26.8 Å². The van der Waals surface area contributed by atoms with Gasteiger partial charge in [0.1, 0.15) is 0 Å². The summed E-state index contributed by atoms with van der Waals surface area (Å²) in [5.41, 5.74) is 9.68. The van der Waals surface area contributed by atoms with Crippen LogP contribution in [0.5, 0.6) is 5.88 Å². The van der Waals surface area contributed by atoms with Crippen molar-refractivity contribution in [2.75, 3.05) is 26.7 Å². The lowest BCUT2D eigenvalue weighted by Crippen LogP contribution is -2.56. The predicted octanol–water partition coefficient (Wildman–Crippen LogP) is 5.76. The number of nitrogens with zero attached hydrogens (tertiary/aromatic N) is 3. The van der Waals surface area contributed by atoms with Crippen LogP contribution in [0.2, 0.25) is 5.02 Å². The molecule has 2 N–H and O–H groups in total. The molecule has 5 nitrogen and oxygen atoms in total. The molecule has 0 aliphatic heterocycles. The quantitative estimate of drug-likeness (QED) is 0.333. The first-order chi connectivity index (χ1) is 13.5. The second-order valence-electron chi connectivity index (χ2n) is 7.29. The molecule has 1 aromatic carbocycles. The zero-order valence-electron chi connectivity index (χ0n) is 18.0. The molecule has 2 heterocycles. The number of fused-ring (bicyclic) bond motifs is 2. The van der Waals surface area contributed by atoms with Crippen LogP contribution in [0.15, 0.2) is 30.3 Å². The topological polar surface area (TPSA) is 61.0 Å². The SMILES string of the molecule is CC[N+](CC)(c1c2ccc(Cl)cc2nc2ccc(OC)nc12)C(C)CCCN.Cl.Cl. The van der Waals surface area contributed by atoms with Crippen molar-refractivity contribution >= 4 is 64.0 Å². The van der Waals surface area contributed by atoms with Crippen LogP contribution in [0.4, 0.5) is 5.69 Å². The number of quaternary nitrogens is 1. The summed E-state index contributed by atoms with van der Waals surface area (Å²) in [5.74, 6) is 0.601. The van der Waals surface area contributed by atoms with Crippen LogP contribution < -0.4 is 15.0 Å². The number of hydrogen-bond acceptors (Lipinski definition) is 4. The minimum atomic E-state index is 0. The van der Waals surface area contributed by atoms with E-state index in [4.69, 9.17) is 32.0 Å². The molecule has 1 atom stereocenters. The highest BCUT2D eigenvalue weighted by Crippen LogP contribution is 2.40. The Hall–Kier alpha value is -1.37. The van der Waals surface area contributed by atoms with Crippen molar-refractivity contribution in [1.29, 1.82) is 0 Å². The lowest BCUT2D eigenvalue weighted by molar-refractivity contribution is 0.222. The van der Waals surface area contributed by atoms with Crippen molar-refractivity contribution in [2.24, 2.45) is 5.73 Å². The number of halogens is 3. The van der Waals surface area contributed by atoms with Gasteiger partial charge in [0.15, 0.2) is 11.2 Å². The predicted molar refractivity (Wildman–Crippen MR) is 134 cm³/mol. The number of hydrogen-bond donors (Lipinski definition) is 1. The Labute approximate surface area is 196 Å². The van der Waals surface area contributed by atoms with Crippen LogP contribution in [0, 0.1) is 0 Å². The molecule has 0 aliphatic rings. The molecule has 30 heavy (non-hydrogen) atoms. The van der Waals surface area contributed by atoms with Gasteiger partial charge in [-0.2, -0.15) is 0 Å². The third kappa shape index (κ3) is 4.76. The highest BCUT2D eigenvalue weighted by atomic mass is 35.5. The van der Waals surface area contributed by atoms with Gasteiger partial charge in [-0.05, 0) is 58.0 Å². The highest BCUT2D eigenvalue weighted by molar-refractivity contribution is 6.31. The van der Waals surface area contributed by atoms with Crippen LogP contribution in [0.3, 0.4) is 0 Å². The summed E-state index contributed by atoms with van der Waals surface area (Å²) >= 11 is 6.29. The summed E-state index contributed by atoms with van der Waals surface area (Å²) in [4.78, 5) is 9.68. The van der Waals surface area contributed by atoms with E-state index >= 15 is 0 Å². The van der Waals surface area contributed by atoms with E-state index in [1.54, 1.807) is 7.11 Å². The number of ether oxygens (including phenoxy) is 1. The Morgan fingerprint density at radius 2 is 1.77 bits per heavy atom. The van der Waals surface area contributed by atoms with E-state index in [0.717, 1.165) is 52.4 Å². The van der Waals surface area contributed by atoms with E-state index in [9.17, 15) is 0 Å². The van der Waals surface area contributed by atoms with Gasteiger partial charge >= 0.3 is 0 Å². The van der Waals surface area contributed by atoms with Crippen LogP contribution in [0.1, 0.15) is 33.6 Å². The minimum absolute atomic E-state index is 0. The highest BCUT2D eigenvalue weighted by Gasteiger charge is 2.37. The Kier molecular flexibility index (Phi) is 10.0. The Bertz CT molecular complexity index is 979. The van der Waals surface area contributed by atoms with Gasteiger partial charge in [0.25, 0.3) is 0 Å². The molecule has 1 unspecified atom stereocenters. The van der Waals surface area contributed by atoms with Gasteiger partial charge in [-0.15, -0.1) is 24.8 Å². The maximum Gasteiger partial charge on any atom is 0.213 e. The lowest BCUT2D eigenvalue weighted by Gasteiger charge is -2.42. The molecule has 3 rings (SSSR count). The molecule has 0 spiro atoms. The van der Waals surface area contributed by atoms with E-state index in [1.807, 2.05) is 24.3 Å². The number of nitrogens with two attached hydrogens (primary N) is 1. The van der Waals surface area contributed by atoms with Crippen LogP contribution in [-0.2, 0) is 0 Å². The van der Waals surface area contributed by atoms with Gasteiger partial charge in [0, 0.05) is 17.5 Å². The standard InChI is InChI=1S/C22H30ClN4O.2ClH/c1-5-27(6-2,15(3)8-7-13-24)22-17-10-9-16(23)14-19(17)25-18-11-12-20(28-4)26-21(18)22;;/h9-12,14-15H,5-8,13,24H2,1-4H3;2*1H/q+1;;. The van der Waals surface area contributed by atoms with Crippen LogP contribution >= 0.6 is 36.4 Å². The fourth-order valence-corrected chi connectivity index (χ4v) is 4.53. The molecule has 3 aromatic rings. The van der Waals surface area contributed by atoms with Crippen molar-refractivity contribution in [3.05, 3.63) is 35.4 Å². The smallest absolute Gasteiger partial charge is 0.213 e. The van der Waals surface area contributed by atoms with Crippen molar-refractivity contribution in [1.82, 2.24) is 14.5 Å². The van der Waals surface area contributed by atoms with Crippen LogP contribution in [-0.4, -0.2) is 42.8 Å². The van der Waals surface area contributed by atoms with Gasteiger partial charge in [-0.3, -0.25) is 4.48 Å². The number of rotatable bonds is 8. The zero-order chi connectivity index (χ0) is 20.3. The van der Waals surface area contributed by atoms with Gasteiger partial charge in [-0.25, -0.2) is 9.97 Å². The average Bonchev–Trinajstić information content (AvgIpc) is 2.72. The Balaban J connectivity index is 0.00000225. The Morgan fingerprint density at radius 1 is 1.07 bits per heavy atom. The molecule has 166 valence electrons. The maximum atomic E-state index is 6.29. The molecule has 0 saturated heterocycles. The molecule has 0 amide bonds. The van der Waals surface area contributed by atoms with Crippen molar-refractivity contribution in [3.8, 4) is 5.88 Å². The van der Waals surface area contributed by atoms with Gasteiger partial charge in [-0.1, -0.05) is 11.6 Å². The zero-order valence-corrected chi connectivity index (χ0v) is 20.4. The van der Waals surface area contributed by atoms with Gasteiger partial charge in [0.05, 0.1) is 42.7 Å². The number of pyridine rings is 2. The van der Waals surface area contributed by atoms with Crippen molar-refractivity contribution in [2.45, 2.75) is 39.7 Å². The number of aromatic nitrogens is 2. The third-order valence-electron chi connectivity index (χ3n) is 5.98. The van der Waals surface area contributed by atoms with Crippen molar-refractivity contribution < 1.29 is 4.74 Å². The van der Waals surface area contributed by atoms with Gasteiger partial charge in [0.2, 0.25) is 5.88 Å². The average molecular weight is 475 g/mol. The molecule has 0 aliphatic carbocycles. The first kappa shape index (κ1) is 26.7. The molecule has 0 saturated carbocycles. The molecule has 0 radical (unpaired) electrons. The molecular weight excluding hydrogens is 443 g/mol. The van der Waals surface area contributed by atoms with E-state index in [0.29, 0.717) is 23.5 Å². The lowest BCUT2D eigenvalue weighted by atomic mass is 10.0. The second kappa shape index (κ2) is 11.3. The molecule has 2 aromatic heterocycles. The Morgan fingerprint density at radius 3 is 2.37 bits per heavy atom. The largest absolute Gasteiger partial charge is 0.481 e. The second-order valence-corrected chi connectivity index (χ2v) is 7.73. The molecular formula is C22H32Cl3N4O+. The summed E-state index contributed by atoms with van der Waals surface area (Å²) in [6, 6.07) is 10.2. The van der Waals surface area contributed by atoms with E-state index in [-0.39, 0.29) is 24.8 Å². The van der Waals surface area contributed by atoms with Crippen molar-refractivity contribution in [3.63, 3.8) is 0 Å². The fraction of sp³-hybridized carbons (Fsp3) is 0.455. The fourth-order valence-electron chi connectivity index (χ4n) is 4.36. The minimum Gasteiger partial charge on any atom is -0.481 e. The van der Waals surface area contributed by atoms with E-state index < -0.39 is 0 Å². The summed E-state index contributed by atoms with van der Waals surface area (Å²) in [7, 11) is 1.65. The molecule has 0 fully saturated rings. The third-order valence-corrected chi connectivity index (χ3v) is 6.22. The first-order valence-corrected chi connectivity index (χ1v) is 10.4. The van der Waals surface area contributed by atoms with Crippen LogP contribution in [0.25, 0.3) is 21.9 Å².